The van der Waals surface area contributed by atoms with Crippen LogP contribution in [0.2, 0.25) is 0 Å². The van der Waals surface area contributed by atoms with Gasteiger partial charge in [-0.05, 0) is 23.8 Å². The molecule has 0 radical (unpaired) electrons. The molecule has 6 nitrogen and oxygen atoms in total. The fourth-order valence-corrected chi connectivity index (χ4v) is 5.09. The van der Waals surface area contributed by atoms with Crippen LogP contribution in [0.25, 0.3) is 0 Å². The van der Waals surface area contributed by atoms with Crippen LogP contribution in [-0.4, -0.2) is 70.7 Å². The van der Waals surface area contributed by atoms with E-state index in [4.69, 9.17) is 0 Å². The number of rotatable bonds is 5. The van der Waals surface area contributed by atoms with E-state index in [1.807, 2.05) is 30.3 Å². The highest BCUT2D eigenvalue weighted by molar-refractivity contribution is 5.80. The molecular weight excluding hydrogens is 332 g/mol. The Morgan fingerprint density at radius 2 is 2.04 bits per heavy atom. The minimum Gasteiger partial charge on any atom is -0.396 e. The van der Waals surface area contributed by atoms with Crippen molar-refractivity contribution in [1.29, 1.82) is 0 Å². The van der Waals surface area contributed by atoms with Gasteiger partial charge >= 0.3 is 0 Å². The molecule has 4 atom stereocenters. The zero-order valence-electron chi connectivity index (χ0n) is 14.9. The number of amides is 2. The van der Waals surface area contributed by atoms with E-state index in [1.54, 1.807) is 9.80 Å². The minimum absolute atomic E-state index is 0.0148. The molecule has 1 aromatic carbocycles. The lowest BCUT2D eigenvalue weighted by molar-refractivity contribution is -0.132. The van der Waals surface area contributed by atoms with Crippen LogP contribution in [-0.2, 0) is 9.59 Å². The van der Waals surface area contributed by atoms with E-state index in [9.17, 15) is 19.8 Å². The lowest BCUT2D eigenvalue weighted by atomic mass is 9.95. The predicted molar refractivity (Wildman–Crippen MR) is 95.2 cm³/mol. The average molecular weight is 358 g/mol. The number of benzene rings is 1. The van der Waals surface area contributed by atoms with Crippen LogP contribution in [0.5, 0.6) is 0 Å². The molecule has 1 saturated carbocycles. The average Bonchev–Trinajstić information content (AvgIpc) is 2.89. The SMILES string of the molecule is O=C1CCCN1CCC(=O)N1C[C@@H](O)[C@@]2(C1)[C@H](CO)[C@H]2c1ccccc1. The first kappa shape index (κ1) is 17.5. The summed E-state index contributed by atoms with van der Waals surface area (Å²) in [5.41, 5.74) is 0.678. The minimum atomic E-state index is -0.623. The van der Waals surface area contributed by atoms with Gasteiger partial charge in [-0.25, -0.2) is 0 Å². The molecule has 2 aliphatic heterocycles. The number of aliphatic hydroxyl groups excluding tert-OH is 2. The summed E-state index contributed by atoms with van der Waals surface area (Å²) in [4.78, 5) is 27.8. The highest BCUT2D eigenvalue weighted by Gasteiger charge is 2.71. The quantitative estimate of drug-likeness (QED) is 0.807. The monoisotopic (exact) mass is 358 g/mol. The molecule has 3 aliphatic rings. The summed E-state index contributed by atoms with van der Waals surface area (Å²) in [5, 5.41) is 20.5. The molecule has 2 N–H and O–H groups in total. The van der Waals surface area contributed by atoms with Crippen molar-refractivity contribution in [3.05, 3.63) is 35.9 Å². The standard InChI is InChI=1S/C20H26N2O4/c23-12-15-19(14-5-2-1-3-6-14)20(15)13-22(11-16(20)24)18(26)8-10-21-9-4-7-17(21)25/h1-3,5-6,15-16,19,23-24H,4,7-13H2/t15-,16-,19-,20-/m1/s1. The number of likely N-dealkylation sites (tertiary alicyclic amines) is 2. The van der Waals surface area contributed by atoms with Gasteiger partial charge in [-0.3, -0.25) is 9.59 Å². The zero-order valence-corrected chi connectivity index (χ0v) is 14.9. The summed E-state index contributed by atoms with van der Waals surface area (Å²) in [6.45, 7) is 2.00. The Kier molecular flexibility index (Phi) is 4.49. The molecule has 26 heavy (non-hydrogen) atoms. The van der Waals surface area contributed by atoms with E-state index in [0.717, 1.165) is 18.5 Å². The van der Waals surface area contributed by atoms with Gasteiger partial charge in [-0.15, -0.1) is 0 Å². The van der Waals surface area contributed by atoms with Gasteiger partial charge in [0.25, 0.3) is 0 Å². The molecule has 6 heteroatoms. The first-order valence-corrected chi connectivity index (χ1v) is 9.47. The Morgan fingerprint density at radius 1 is 1.27 bits per heavy atom. The third-order valence-electron chi connectivity index (χ3n) is 6.52. The van der Waals surface area contributed by atoms with Crippen molar-refractivity contribution >= 4 is 11.8 Å². The van der Waals surface area contributed by atoms with Gasteiger partial charge in [-0.1, -0.05) is 30.3 Å². The first-order chi connectivity index (χ1) is 12.6. The summed E-state index contributed by atoms with van der Waals surface area (Å²) in [5.74, 6) is 0.179. The molecule has 3 fully saturated rings. The van der Waals surface area contributed by atoms with Gasteiger partial charge in [-0.2, -0.15) is 0 Å². The molecule has 1 aromatic rings. The number of carbonyl (C=O) groups excluding carboxylic acids is 2. The molecule has 0 bridgehead atoms. The van der Waals surface area contributed by atoms with Crippen LogP contribution >= 0.6 is 0 Å². The van der Waals surface area contributed by atoms with Crippen LogP contribution < -0.4 is 0 Å². The molecular formula is C20H26N2O4. The third-order valence-corrected chi connectivity index (χ3v) is 6.52. The molecule has 140 valence electrons. The van der Waals surface area contributed by atoms with Crippen molar-refractivity contribution in [1.82, 2.24) is 9.80 Å². The van der Waals surface area contributed by atoms with Crippen molar-refractivity contribution in [2.45, 2.75) is 31.3 Å². The predicted octanol–water partition coefficient (Wildman–Crippen LogP) is 0.594. The number of nitrogens with zero attached hydrogens (tertiary/aromatic N) is 2. The number of aliphatic hydroxyl groups is 2. The van der Waals surface area contributed by atoms with Crippen molar-refractivity contribution in [2.75, 3.05) is 32.8 Å². The fourth-order valence-electron chi connectivity index (χ4n) is 5.09. The fraction of sp³-hybridized carbons (Fsp3) is 0.600. The Morgan fingerprint density at radius 3 is 2.69 bits per heavy atom. The van der Waals surface area contributed by atoms with Gasteiger partial charge in [0, 0.05) is 51.0 Å². The van der Waals surface area contributed by atoms with E-state index in [2.05, 4.69) is 0 Å². The molecule has 0 unspecified atom stereocenters. The van der Waals surface area contributed by atoms with Crippen LogP contribution in [0.4, 0.5) is 0 Å². The van der Waals surface area contributed by atoms with E-state index in [0.29, 0.717) is 32.5 Å². The summed E-state index contributed by atoms with van der Waals surface area (Å²) in [6, 6.07) is 9.93. The second kappa shape index (κ2) is 6.67. The van der Waals surface area contributed by atoms with Crippen molar-refractivity contribution in [2.24, 2.45) is 11.3 Å². The van der Waals surface area contributed by atoms with Crippen LogP contribution in [0, 0.1) is 11.3 Å². The summed E-state index contributed by atoms with van der Waals surface area (Å²) in [7, 11) is 0. The number of carbonyl (C=O) groups is 2. The molecule has 4 rings (SSSR count). The first-order valence-electron chi connectivity index (χ1n) is 9.47. The van der Waals surface area contributed by atoms with Gasteiger partial charge in [0.05, 0.1) is 6.10 Å². The van der Waals surface area contributed by atoms with Crippen LogP contribution in [0.1, 0.15) is 30.7 Å². The molecule has 1 spiro atoms. The second-order valence-corrected chi connectivity index (χ2v) is 7.81. The normalized spacial score (nSPS) is 33.3. The maximum atomic E-state index is 12.6. The smallest absolute Gasteiger partial charge is 0.224 e. The lowest BCUT2D eigenvalue weighted by Gasteiger charge is -2.20. The largest absolute Gasteiger partial charge is 0.396 e. The van der Waals surface area contributed by atoms with Crippen LogP contribution in [0.15, 0.2) is 30.3 Å². The number of hydrogen-bond acceptors (Lipinski definition) is 4. The Hall–Kier alpha value is -1.92. The summed E-state index contributed by atoms with van der Waals surface area (Å²) < 4.78 is 0. The Bertz CT molecular complexity index is 694. The van der Waals surface area contributed by atoms with Crippen molar-refractivity contribution in [3.63, 3.8) is 0 Å². The maximum Gasteiger partial charge on any atom is 0.224 e. The third kappa shape index (κ3) is 2.72. The van der Waals surface area contributed by atoms with Crippen molar-refractivity contribution in [3.8, 4) is 0 Å². The topological polar surface area (TPSA) is 81.1 Å². The van der Waals surface area contributed by atoms with Gasteiger partial charge in [0.1, 0.15) is 0 Å². The zero-order chi connectivity index (χ0) is 18.3. The molecule has 2 heterocycles. The number of β-amino-alcohol motifs (C(OH)–C–C–N with tert-alkyl or cyclic N) is 1. The summed E-state index contributed by atoms with van der Waals surface area (Å²) in [6.07, 6.45) is 1.13. The van der Waals surface area contributed by atoms with Gasteiger partial charge in [0.2, 0.25) is 11.8 Å². The maximum absolute atomic E-state index is 12.6. The van der Waals surface area contributed by atoms with E-state index < -0.39 is 11.5 Å². The highest BCUT2D eigenvalue weighted by atomic mass is 16.3. The van der Waals surface area contributed by atoms with Crippen molar-refractivity contribution < 1.29 is 19.8 Å². The molecule has 1 aliphatic carbocycles. The van der Waals surface area contributed by atoms with Gasteiger partial charge < -0.3 is 20.0 Å². The molecule has 2 amide bonds. The highest BCUT2D eigenvalue weighted by Crippen LogP contribution is 2.68. The Labute approximate surface area is 153 Å². The van der Waals surface area contributed by atoms with E-state index in [1.165, 1.54) is 0 Å². The lowest BCUT2D eigenvalue weighted by Crippen LogP contribution is -2.34. The van der Waals surface area contributed by atoms with E-state index >= 15 is 0 Å². The van der Waals surface area contributed by atoms with Gasteiger partial charge in [0.15, 0.2) is 0 Å². The van der Waals surface area contributed by atoms with Crippen LogP contribution in [0.3, 0.4) is 0 Å². The second-order valence-electron chi connectivity index (χ2n) is 7.81. The molecule has 0 aromatic heterocycles. The van der Waals surface area contributed by atoms with E-state index in [-0.39, 0.29) is 30.3 Å². The summed E-state index contributed by atoms with van der Waals surface area (Å²) >= 11 is 0. The Balaban J connectivity index is 1.42. The number of hydrogen-bond donors (Lipinski definition) is 2. The molecule has 2 saturated heterocycles.